The largest absolute Gasteiger partial charge is 0.341 e. The van der Waals surface area contributed by atoms with E-state index in [0.29, 0.717) is 25.6 Å². The highest BCUT2D eigenvalue weighted by atomic mass is 16.2. The molecule has 1 saturated carbocycles. The van der Waals surface area contributed by atoms with E-state index >= 15 is 0 Å². The van der Waals surface area contributed by atoms with Crippen molar-refractivity contribution < 1.29 is 9.59 Å². The van der Waals surface area contributed by atoms with E-state index in [9.17, 15) is 9.59 Å². The number of carbonyl (C=O) groups excluding carboxylic acids is 2. The van der Waals surface area contributed by atoms with E-state index in [2.05, 4.69) is 6.92 Å². The molecule has 2 fully saturated rings. The summed E-state index contributed by atoms with van der Waals surface area (Å²) in [5, 5.41) is 0. The molecule has 0 atom stereocenters. The van der Waals surface area contributed by atoms with Crippen molar-refractivity contribution in [3.8, 4) is 0 Å². The number of carbonyl (C=O) groups is 2. The van der Waals surface area contributed by atoms with Crippen LogP contribution in [0.25, 0.3) is 0 Å². The third-order valence-electron chi connectivity index (χ3n) is 4.55. The lowest BCUT2D eigenvalue weighted by atomic mass is 9.62. The average molecular weight is 267 g/mol. The number of amides is 2. The van der Waals surface area contributed by atoms with E-state index in [0.717, 1.165) is 32.4 Å². The quantitative estimate of drug-likeness (QED) is 0.789. The van der Waals surface area contributed by atoms with Crippen LogP contribution in [0.4, 0.5) is 0 Å². The highest BCUT2D eigenvalue weighted by Gasteiger charge is 2.48. The van der Waals surface area contributed by atoms with E-state index < -0.39 is 0 Å². The molecule has 0 aromatic heterocycles. The molecule has 1 saturated heterocycles. The summed E-state index contributed by atoms with van der Waals surface area (Å²) >= 11 is 0. The lowest BCUT2D eigenvalue weighted by Gasteiger charge is -2.46. The van der Waals surface area contributed by atoms with Crippen molar-refractivity contribution in [2.24, 2.45) is 17.1 Å². The Balaban J connectivity index is 1.98. The van der Waals surface area contributed by atoms with Crippen LogP contribution in [0.15, 0.2) is 0 Å². The Bertz CT molecular complexity index is 364. The molecule has 2 rings (SSSR count). The standard InChI is InChI=1S/C14H25N3O2/c1-11-8-14(9-11,10-15)13(19)17-5-3-4-16(6-7-17)12(2)18/h11H,3-10,15H2,1-2H3. The first kappa shape index (κ1) is 14.3. The van der Waals surface area contributed by atoms with E-state index in [1.807, 2.05) is 9.80 Å². The summed E-state index contributed by atoms with van der Waals surface area (Å²) in [5.74, 6) is 0.909. The molecule has 0 bridgehead atoms. The van der Waals surface area contributed by atoms with E-state index in [1.54, 1.807) is 6.92 Å². The molecule has 2 N–H and O–H groups in total. The van der Waals surface area contributed by atoms with Gasteiger partial charge in [-0.3, -0.25) is 9.59 Å². The highest BCUT2D eigenvalue weighted by Crippen LogP contribution is 2.46. The van der Waals surface area contributed by atoms with Crippen LogP contribution >= 0.6 is 0 Å². The molecule has 2 amide bonds. The summed E-state index contributed by atoms with van der Waals surface area (Å²) in [4.78, 5) is 27.8. The molecular weight excluding hydrogens is 242 g/mol. The zero-order valence-electron chi connectivity index (χ0n) is 12.0. The molecule has 5 heteroatoms. The van der Waals surface area contributed by atoms with Crippen molar-refractivity contribution >= 4 is 11.8 Å². The maximum atomic E-state index is 12.7. The summed E-state index contributed by atoms with van der Waals surface area (Å²) in [6.45, 7) is 7.01. The summed E-state index contributed by atoms with van der Waals surface area (Å²) in [5.41, 5.74) is 5.53. The van der Waals surface area contributed by atoms with Gasteiger partial charge in [-0.2, -0.15) is 0 Å². The molecule has 5 nitrogen and oxygen atoms in total. The molecule has 2 aliphatic rings. The molecule has 1 aliphatic heterocycles. The Morgan fingerprint density at radius 1 is 1.16 bits per heavy atom. The average Bonchev–Trinajstić information content (AvgIpc) is 2.59. The molecule has 1 heterocycles. The van der Waals surface area contributed by atoms with Crippen LogP contribution in [-0.2, 0) is 9.59 Å². The SMILES string of the molecule is CC(=O)N1CCCN(C(=O)C2(CN)CC(C)C2)CC1. The summed E-state index contributed by atoms with van der Waals surface area (Å²) in [6.07, 6.45) is 2.69. The first-order valence-corrected chi connectivity index (χ1v) is 7.23. The van der Waals surface area contributed by atoms with Crippen LogP contribution < -0.4 is 5.73 Å². The smallest absolute Gasteiger partial charge is 0.230 e. The summed E-state index contributed by atoms with van der Waals surface area (Å²) in [6, 6.07) is 0. The predicted molar refractivity (Wildman–Crippen MR) is 73.3 cm³/mol. The minimum atomic E-state index is -0.315. The Labute approximate surface area is 115 Å². The fourth-order valence-electron chi connectivity index (χ4n) is 3.47. The molecule has 108 valence electrons. The van der Waals surface area contributed by atoms with Gasteiger partial charge in [0, 0.05) is 39.6 Å². The van der Waals surface area contributed by atoms with Gasteiger partial charge in [-0.05, 0) is 25.2 Å². The first-order chi connectivity index (χ1) is 8.98. The van der Waals surface area contributed by atoms with Gasteiger partial charge in [-0.25, -0.2) is 0 Å². The zero-order chi connectivity index (χ0) is 14.0. The maximum absolute atomic E-state index is 12.7. The molecule has 0 aromatic carbocycles. The number of rotatable bonds is 2. The van der Waals surface area contributed by atoms with Gasteiger partial charge in [0.2, 0.25) is 11.8 Å². The molecule has 0 aromatic rings. The molecule has 0 spiro atoms. The lowest BCUT2D eigenvalue weighted by Crippen LogP contribution is -2.55. The third kappa shape index (κ3) is 2.76. The van der Waals surface area contributed by atoms with E-state index in [4.69, 9.17) is 5.73 Å². The van der Waals surface area contributed by atoms with Crippen molar-refractivity contribution in [3.63, 3.8) is 0 Å². The van der Waals surface area contributed by atoms with Gasteiger partial charge in [0.1, 0.15) is 0 Å². The topological polar surface area (TPSA) is 66.6 Å². The zero-order valence-corrected chi connectivity index (χ0v) is 12.0. The molecular formula is C14H25N3O2. The van der Waals surface area contributed by atoms with Gasteiger partial charge in [-0.1, -0.05) is 6.92 Å². The minimum Gasteiger partial charge on any atom is -0.341 e. The number of nitrogens with two attached hydrogens (primary N) is 1. The Morgan fingerprint density at radius 2 is 1.74 bits per heavy atom. The van der Waals surface area contributed by atoms with Crippen LogP contribution in [-0.4, -0.2) is 54.3 Å². The van der Waals surface area contributed by atoms with Crippen molar-refractivity contribution in [3.05, 3.63) is 0 Å². The van der Waals surface area contributed by atoms with E-state index in [-0.39, 0.29) is 17.2 Å². The Morgan fingerprint density at radius 3 is 2.26 bits per heavy atom. The monoisotopic (exact) mass is 267 g/mol. The second-order valence-electron chi connectivity index (χ2n) is 6.15. The van der Waals surface area contributed by atoms with Crippen LogP contribution in [0, 0.1) is 11.3 Å². The fourth-order valence-corrected chi connectivity index (χ4v) is 3.47. The summed E-state index contributed by atoms with van der Waals surface area (Å²) < 4.78 is 0. The predicted octanol–water partition coefficient (Wildman–Crippen LogP) is 0.442. The van der Waals surface area contributed by atoms with Gasteiger partial charge < -0.3 is 15.5 Å². The second kappa shape index (κ2) is 5.49. The fraction of sp³-hybridized carbons (Fsp3) is 0.857. The van der Waals surface area contributed by atoms with Gasteiger partial charge >= 0.3 is 0 Å². The second-order valence-corrected chi connectivity index (χ2v) is 6.15. The minimum absolute atomic E-state index is 0.0973. The van der Waals surface area contributed by atoms with Crippen LogP contribution in [0.5, 0.6) is 0 Å². The number of nitrogens with zero attached hydrogens (tertiary/aromatic N) is 2. The van der Waals surface area contributed by atoms with Crippen molar-refractivity contribution in [1.29, 1.82) is 0 Å². The van der Waals surface area contributed by atoms with Crippen LogP contribution in [0.2, 0.25) is 0 Å². The van der Waals surface area contributed by atoms with E-state index in [1.165, 1.54) is 0 Å². The van der Waals surface area contributed by atoms with Gasteiger partial charge in [0.25, 0.3) is 0 Å². The van der Waals surface area contributed by atoms with Gasteiger partial charge in [0.15, 0.2) is 0 Å². The number of hydrogen-bond donors (Lipinski definition) is 1. The normalized spacial score (nSPS) is 31.6. The maximum Gasteiger partial charge on any atom is 0.230 e. The molecule has 0 radical (unpaired) electrons. The third-order valence-corrected chi connectivity index (χ3v) is 4.55. The lowest BCUT2D eigenvalue weighted by molar-refractivity contribution is -0.149. The first-order valence-electron chi connectivity index (χ1n) is 7.23. The molecule has 0 unspecified atom stereocenters. The van der Waals surface area contributed by atoms with Gasteiger partial charge in [0.05, 0.1) is 5.41 Å². The van der Waals surface area contributed by atoms with Crippen molar-refractivity contribution in [1.82, 2.24) is 9.80 Å². The van der Waals surface area contributed by atoms with Crippen LogP contribution in [0.3, 0.4) is 0 Å². The van der Waals surface area contributed by atoms with Gasteiger partial charge in [-0.15, -0.1) is 0 Å². The Kier molecular flexibility index (Phi) is 4.13. The van der Waals surface area contributed by atoms with Crippen molar-refractivity contribution in [2.45, 2.75) is 33.1 Å². The van der Waals surface area contributed by atoms with Crippen molar-refractivity contribution in [2.75, 3.05) is 32.7 Å². The number of hydrogen-bond acceptors (Lipinski definition) is 3. The molecule has 1 aliphatic carbocycles. The Hall–Kier alpha value is -1.10. The highest BCUT2D eigenvalue weighted by molar-refractivity contribution is 5.84. The van der Waals surface area contributed by atoms with Crippen LogP contribution in [0.1, 0.15) is 33.1 Å². The molecule has 19 heavy (non-hydrogen) atoms. The summed E-state index contributed by atoms with van der Waals surface area (Å²) in [7, 11) is 0.